The van der Waals surface area contributed by atoms with Gasteiger partial charge in [0.15, 0.2) is 0 Å². The van der Waals surface area contributed by atoms with Crippen LogP contribution in [-0.4, -0.2) is 23.3 Å². The average Bonchev–Trinajstić information content (AvgIpc) is 3.55. The van der Waals surface area contributed by atoms with Gasteiger partial charge in [-0.25, -0.2) is 4.39 Å². The van der Waals surface area contributed by atoms with E-state index < -0.39 is 29.9 Å². The first kappa shape index (κ1) is 21.6. The molecule has 0 spiro atoms. The van der Waals surface area contributed by atoms with Gasteiger partial charge in [0.25, 0.3) is 0 Å². The van der Waals surface area contributed by atoms with E-state index in [0.717, 1.165) is 36.1 Å². The van der Waals surface area contributed by atoms with Crippen molar-refractivity contribution in [1.82, 2.24) is 4.90 Å². The van der Waals surface area contributed by atoms with Gasteiger partial charge in [-0.2, -0.15) is 13.2 Å². The van der Waals surface area contributed by atoms with Gasteiger partial charge in [-0.3, -0.25) is 9.59 Å². The number of nitrogens with zero attached hydrogens (tertiary/aromatic N) is 1. The summed E-state index contributed by atoms with van der Waals surface area (Å²) in [5.41, 5.74) is 0.230. The molecule has 4 rings (SSSR count). The number of alkyl halides is 3. The largest absolute Gasteiger partial charge is 0.419 e. The Morgan fingerprint density at radius 2 is 1.90 bits per heavy atom. The van der Waals surface area contributed by atoms with Crippen molar-refractivity contribution in [1.29, 1.82) is 0 Å². The number of carbonyl (C=O) groups excluding carboxylic acids is 2. The second-order valence-electron chi connectivity index (χ2n) is 7.85. The third-order valence-electron chi connectivity index (χ3n) is 5.59. The molecule has 1 heterocycles. The topological polar surface area (TPSA) is 49.4 Å². The van der Waals surface area contributed by atoms with Crippen molar-refractivity contribution in [3.05, 3.63) is 63.4 Å². The van der Waals surface area contributed by atoms with Crippen LogP contribution in [0.25, 0.3) is 0 Å². The molecule has 2 aromatic carbocycles. The predicted octanol–water partition coefficient (Wildman–Crippen LogP) is 4.97. The Labute approximate surface area is 181 Å². The van der Waals surface area contributed by atoms with Crippen LogP contribution in [0.5, 0.6) is 0 Å². The molecule has 2 aromatic rings. The fourth-order valence-corrected chi connectivity index (χ4v) is 4.06. The van der Waals surface area contributed by atoms with Crippen LogP contribution in [0, 0.1) is 11.7 Å². The summed E-state index contributed by atoms with van der Waals surface area (Å²) in [4.78, 5) is 26.7. The number of rotatable bonds is 4. The van der Waals surface area contributed by atoms with E-state index in [1.54, 1.807) is 17.0 Å². The second kappa shape index (κ2) is 8.15. The van der Waals surface area contributed by atoms with E-state index in [1.807, 2.05) is 0 Å². The zero-order valence-corrected chi connectivity index (χ0v) is 17.1. The lowest BCUT2D eigenvalue weighted by atomic mass is 9.97. The summed E-state index contributed by atoms with van der Waals surface area (Å²) >= 11 is 6.27. The van der Waals surface area contributed by atoms with E-state index in [4.69, 9.17) is 11.6 Å². The lowest BCUT2D eigenvalue weighted by molar-refractivity contribution is -0.140. The molecule has 0 aromatic heterocycles. The SMILES string of the molecule is O=C(Cc1cccc(C(F)(F)F)c1F)Nc1c(Cl)ccc2c1CCN(C(=O)C1CC1)C2. The maximum absolute atomic E-state index is 14.2. The maximum Gasteiger partial charge on any atom is 0.419 e. The highest BCUT2D eigenvalue weighted by atomic mass is 35.5. The fourth-order valence-electron chi connectivity index (χ4n) is 3.83. The molecule has 31 heavy (non-hydrogen) atoms. The van der Waals surface area contributed by atoms with Crippen LogP contribution in [-0.2, 0) is 35.2 Å². The van der Waals surface area contributed by atoms with E-state index in [9.17, 15) is 27.2 Å². The standard InChI is InChI=1S/C22H19ClF4N2O2/c23-17-7-6-14-11-29(21(31)12-4-5-12)9-8-15(14)20(17)28-18(30)10-13-2-1-3-16(19(13)24)22(25,26)27/h1-3,6-7,12H,4-5,8-11H2,(H,28,30). The van der Waals surface area contributed by atoms with Crippen LogP contribution in [0.1, 0.15) is 35.1 Å². The predicted molar refractivity (Wildman–Crippen MR) is 107 cm³/mol. The Bertz CT molecular complexity index is 1050. The van der Waals surface area contributed by atoms with Crippen molar-refractivity contribution in [2.45, 2.75) is 38.4 Å². The van der Waals surface area contributed by atoms with Crippen LogP contribution in [0.3, 0.4) is 0 Å². The average molecular weight is 455 g/mol. The van der Waals surface area contributed by atoms with E-state index in [2.05, 4.69) is 5.32 Å². The van der Waals surface area contributed by atoms with E-state index in [-0.39, 0.29) is 22.4 Å². The summed E-state index contributed by atoms with van der Waals surface area (Å²) in [6.07, 6.45) is -3.10. The quantitative estimate of drug-likeness (QED) is 0.663. The second-order valence-corrected chi connectivity index (χ2v) is 8.25. The molecule has 0 saturated heterocycles. The number of hydrogen-bond acceptors (Lipinski definition) is 2. The van der Waals surface area contributed by atoms with E-state index in [0.29, 0.717) is 31.3 Å². The van der Waals surface area contributed by atoms with Gasteiger partial charge >= 0.3 is 6.18 Å². The number of anilines is 1. The molecule has 164 valence electrons. The van der Waals surface area contributed by atoms with Crippen molar-refractivity contribution in [3.8, 4) is 0 Å². The molecule has 1 aliphatic carbocycles. The van der Waals surface area contributed by atoms with Crippen LogP contribution < -0.4 is 5.32 Å². The van der Waals surface area contributed by atoms with Gasteiger partial charge in [-0.15, -0.1) is 0 Å². The highest BCUT2D eigenvalue weighted by Gasteiger charge is 2.36. The molecular weight excluding hydrogens is 436 g/mol. The Kier molecular flexibility index (Phi) is 5.68. The number of benzene rings is 2. The first-order valence-corrected chi connectivity index (χ1v) is 10.3. The molecule has 1 N–H and O–H groups in total. The molecule has 1 aliphatic heterocycles. The van der Waals surface area contributed by atoms with Crippen LogP contribution in [0.15, 0.2) is 30.3 Å². The number of hydrogen-bond donors (Lipinski definition) is 1. The Morgan fingerprint density at radius 3 is 2.58 bits per heavy atom. The smallest absolute Gasteiger partial charge is 0.338 e. The normalized spacial score (nSPS) is 16.1. The molecule has 1 fully saturated rings. The molecule has 4 nitrogen and oxygen atoms in total. The molecule has 9 heteroatoms. The Morgan fingerprint density at radius 1 is 1.16 bits per heavy atom. The maximum atomic E-state index is 14.2. The van der Waals surface area contributed by atoms with Crippen molar-refractivity contribution in [2.24, 2.45) is 5.92 Å². The number of amides is 2. The van der Waals surface area contributed by atoms with Crippen molar-refractivity contribution in [3.63, 3.8) is 0 Å². The highest BCUT2D eigenvalue weighted by molar-refractivity contribution is 6.34. The number of halogens is 5. The van der Waals surface area contributed by atoms with Gasteiger partial charge in [-0.1, -0.05) is 29.8 Å². The zero-order chi connectivity index (χ0) is 22.3. The number of nitrogens with one attached hydrogen (secondary N) is 1. The van der Waals surface area contributed by atoms with Gasteiger partial charge in [0.05, 0.1) is 22.7 Å². The molecule has 0 atom stereocenters. The number of fused-ring (bicyclic) bond motifs is 1. The summed E-state index contributed by atoms with van der Waals surface area (Å²) in [6.45, 7) is 0.904. The molecule has 0 radical (unpaired) electrons. The zero-order valence-electron chi connectivity index (χ0n) is 16.4. The minimum Gasteiger partial charge on any atom is -0.338 e. The van der Waals surface area contributed by atoms with Gasteiger partial charge in [-0.05, 0) is 48.1 Å². The lowest BCUT2D eigenvalue weighted by Crippen LogP contribution is -2.37. The summed E-state index contributed by atoms with van der Waals surface area (Å²) in [5, 5.41) is 2.91. The van der Waals surface area contributed by atoms with E-state index >= 15 is 0 Å². The third kappa shape index (κ3) is 4.54. The molecular formula is C22H19ClF4N2O2. The third-order valence-corrected chi connectivity index (χ3v) is 5.90. The first-order chi connectivity index (χ1) is 14.6. The lowest BCUT2D eigenvalue weighted by Gasteiger charge is -2.30. The summed E-state index contributed by atoms with van der Waals surface area (Å²) in [6, 6.07) is 6.25. The molecule has 0 bridgehead atoms. The first-order valence-electron chi connectivity index (χ1n) is 9.88. The Hall–Kier alpha value is -2.61. The number of carbonyl (C=O) groups is 2. The minimum atomic E-state index is -4.85. The van der Waals surface area contributed by atoms with Crippen LogP contribution in [0.4, 0.5) is 23.2 Å². The van der Waals surface area contributed by atoms with Crippen molar-refractivity contribution < 1.29 is 27.2 Å². The molecule has 1 saturated carbocycles. The van der Waals surface area contributed by atoms with Crippen molar-refractivity contribution in [2.75, 3.05) is 11.9 Å². The monoisotopic (exact) mass is 454 g/mol. The molecule has 2 aliphatic rings. The van der Waals surface area contributed by atoms with Gasteiger partial charge in [0, 0.05) is 19.0 Å². The highest BCUT2D eigenvalue weighted by Crippen LogP contribution is 2.37. The minimum absolute atomic E-state index is 0.107. The van der Waals surface area contributed by atoms with Gasteiger partial charge in [0.2, 0.25) is 11.8 Å². The summed E-state index contributed by atoms with van der Waals surface area (Å²) < 4.78 is 53.0. The summed E-state index contributed by atoms with van der Waals surface area (Å²) in [5.74, 6) is -1.90. The van der Waals surface area contributed by atoms with Crippen LogP contribution in [0.2, 0.25) is 5.02 Å². The summed E-state index contributed by atoms with van der Waals surface area (Å²) in [7, 11) is 0. The van der Waals surface area contributed by atoms with Crippen LogP contribution >= 0.6 is 11.6 Å². The van der Waals surface area contributed by atoms with Gasteiger partial charge in [0.1, 0.15) is 5.82 Å². The van der Waals surface area contributed by atoms with Crippen molar-refractivity contribution >= 4 is 29.1 Å². The molecule has 2 amide bonds. The fraction of sp³-hybridized carbons (Fsp3) is 0.364. The van der Waals surface area contributed by atoms with E-state index in [1.165, 1.54) is 0 Å². The molecule has 0 unspecified atom stereocenters. The Balaban J connectivity index is 1.52. The van der Waals surface area contributed by atoms with Gasteiger partial charge < -0.3 is 10.2 Å².